The van der Waals surface area contributed by atoms with E-state index in [0.29, 0.717) is 18.8 Å². The van der Waals surface area contributed by atoms with Crippen molar-refractivity contribution in [3.63, 3.8) is 0 Å². The first-order valence-electron chi connectivity index (χ1n) is 12.6. The maximum Gasteiger partial charge on any atom is 0.354 e. The van der Waals surface area contributed by atoms with Crippen molar-refractivity contribution >= 4 is 17.3 Å². The molecular formula is C27H39N5O3. The number of nitrogens with two attached hydrogens (primary N) is 1. The van der Waals surface area contributed by atoms with Crippen molar-refractivity contribution in [2.75, 3.05) is 37.4 Å². The second-order valence-electron chi connectivity index (χ2n) is 10.5. The summed E-state index contributed by atoms with van der Waals surface area (Å²) in [7, 11) is 1.63. The van der Waals surface area contributed by atoms with Gasteiger partial charge in [-0.2, -0.15) is 0 Å². The minimum absolute atomic E-state index is 0.117. The minimum Gasteiger partial charge on any atom is -0.495 e. The van der Waals surface area contributed by atoms with E-state index >= 15 is 0 Å². The van der Waals surface area contributed by atoms with Crippen LogP contribution in [0.2, 0.25) is 0 Å². The number of carbonyl (C=O) groups excluding carboxylic acids is 1. The molecule has 2 heterocycles. The molecule has 0 bridgehead atoms. The molecule has 2 aromatic rings. The zero-order chi connectivity index (χ0) is 25.1. The molecule has 0 radical (unpaired) electrons. The van der Waals surface area contributed by atoms with Gasteiger partial charge in [0.2, 0.25) is 5.66 Å². The molecule has 8 nitrogen and oxygen atoms in total. The molecule has 2 unspecified atom stereocenters. The van der Waals surface area contributed by atoms with E-state index in [2.05, 4.69) is 21.6 Å². The topological polar surface area (TPSA) is 102 Å². The predicted molar refractivity (Wildman–Crippen MR) is 139 cm³/mol. The van der Waals surface area contributed by atoms with Crippen LogP contribution in [-0.2, 0) is 16.0 Å². The predicted octanol–water partition coefficient (Wildman–Crippen LogP) is 4.08. The van der Waals surface area contributed by atoms with E-state index in [-0.39, 0.29) is 12.0 Å². The van der Waals surface area contributed by atoms with Gasteiger partial charge in [-0.25, -0.2) is 4.79 Å². The lowest BCUT2D eigenvalue weighted by Gasteiger charge is -2.41. The van der Waals surface area contributed by atoms with Crippen LogP contribution < -0.4 is 21.1 Å². The number of pyridine rings is 1. The highest BCUT2D eigenvalue weighted by atomic mass is 16.6. The number of hydrogen-bond donors (Lipinski definition) is 3. The Morgan fingerprint density at radius 1 is 1.23 bits per heavy atom. The van der Waals surface area contributed by atoms with E-state index in [1.54, 1.807) is 7.11 Å². The Morgan fingerprint density at radius 3 is 2.80 bits per heavy atom. The largest absolute Gasteiger partial charge is 0.495 e. The van der Waals surface area contributed by atoms with Crippen molar-refractivity contribution in [2.24, 2.45) is 5.73 Å². The molecule has 1 aromatic carbocycles. The van der Waals surface area contributed by atoms with Crippen LogP contribution in [0.15, 0.2) is 36.5 Å². The standard InChI is InChI=1S/C27H39N5O3/c1-26(2,3)35-25(33)27(30-20-12-8-14-22(34-4)24(20)31-27)18-32(17-6-5-15-28)21-13-7-10-19-11-9-16-29-23(19)21/h8-9,11-12,14,16,21,30-31H,5-7,10,13,15,17-18,28H2,1-4H3. The van der Waals surface area contributed by atoms with Crippen LogP contribution in [0, 0.1) is 0 Å². The highest BCUT2D eigenvalue weighted by Crippen LogP contribution is 2.43. The summed E-state index contributed by atoms with van der Waals surface area (Å²) in [6, 6.07) is 10.0. The first-order chi connectivity index (χ1) is 16.8. The van der Waals surface area contributed by atoms with Gasteiger partial charge in [-0.15, -0.1) is 0 Å². The van der Waals surface area contributed by atoms with Crippen molar-refractivity contribution in [1.82, 2.24) is 9.88 Å². The molecule has 4 rings (SSSR count). The molecule has 0 saturated heterocycles. The lowest BCUT2D eigenvalue weighted by Crippen LogP contribution is -2.60. The average Bonchev–Trinajstić information content (AvgIpc) is 3.22. The second kappa shape index (κ2) is 10.4. The van der Waals surface area contributed by atoms with E-state index in [1.807, 2.05) is 51.2 Å². The third-order valence-corrected chi connectivity index (χ3v) is 6.63. The zero-order valence-corrected chi connectivity index (χ0v) is 21.4. The number of rotatable bonds is 9. The zero-order valence-electron chi connectivity index (χ0n) is 21.4. The molecule has 190 valence electrons. The summed E-state index contributed by atoms with van der Waals surface area (Å²) in [4.78, 5) is 20.9. The molecule has 1 aliphatic heterocycles. The number of anilines is 2. The molecule has 0 amide bonds. The fourth-order valence-electron chi connectivity index (χ4n) is 5.07. The molecule has 2 aliphatic rings. The number of aryl methyl sites for hydroxylation is 1. The maximum atomic E-state index is 13.8. The molecule has 0 spiro atoms. The summed E-state index contributed by atoms with van der Waals surface area (Å²) in [5.41, 5.74) is 8.01. The Hall–Kier alpha value is -2.84. The van der Waals surface area contributed by atoms with E-state index in [1.165, 1.54) is 5.56 Å². The maximum absolute atomic E-state index is 13.8. The Morgan fingerprint density at radius 2 is 2.06 bits per heavy atom. The first-order valence-corrected chi connectivity index (χ1v) is 12.6. The van der Waals surface area contributed by atoms with Crippen LogP contribution in [0.3, 0.4) is 0 Å². The van der Waals surface area contributed by atoms with E-state index in [4.69, 9.17) is 20.2 Å². The molecule has 35 heavy (non-hydrogen) atoms. The summed E-state index contributed by atoms with van der Waals surface area (Å²) >= 11 is 0. The van der Waals surface area contributed by atoms with Crippen LogP contribution in [0.1, 0.15) is 63.8 Å². The molecule has 4 N–H and O–H groups in total. The van der Waals surface area contributed by atoms with Crippen LogP contribution in [0.25, 0.3) is 0 Å². The number of unbranched alkanes of at least 4 members (excludes halogenated alkanes) is 1. The van der Waals surface area contributed by atoms with Gasteiger partial charge in [-0.05, 0) is 89.7 Å². The number of hydrogen-bond acceptors (Lipinski definition) is 8. The highest BCUT2D eigenvalue weighted by molar-refractivity contribution is 5.96. The van der Waals surface area contributed by atoms with Crippen LogP contribution in [0.5, 0.6) is 5.75 Å². The molecule has 0 fully saturated rings. The molecule has 1 aromatic heterocycles. The van der Waals surface area contributed by atoms with Crippen molar-refractivity contribution in [1.29, 1.82) is 0 Å². The van der Waals surface area contributed by atoms with Gasteiger partial charge in [0.25, 0.3) is 0 Å². The Balaban J connectivity index is 1.71. The number of aromatic nitrogens is 1. The molecular weight excluding hydrogens is 442 g/mol. The summed E-state index contributed by atoms with van der Waals surface area (Å²) < 4.78 is 11.5. The second-order valence-corrected chi connectivity index (χ2v) is 10.5. The molecule has 0 saturated carbocycles. The van der Waals surface area contributed by atoms with Gasteiger partial charge in [0.05, 0.1) is 31.1 Å². The summed E-state index contributed by atoms with van der Waals surface area (Å²) in [5, 5.41) is 6.95. The first kappa shape index (κ1) is 25.3. The Bertz CT molecular complexity index is 1040. The van der Waals surface area contributed by atoms with Crippen molar-refractivity contribution in [3.8, 4) is 5.75 Å². The van der Waals surface area contributed by atoms with Crippen LogP contribution >= 0.6 is 0 Å². The van der Waals surface area contributed by atoms with Gasteiger partial charge in [0.15, 0.2) is 0 Å². The smallest absolute Gasteiger partial charge is 0.354 e. The van der Waals surface area contributed by atoms with E-state index in [9.17, 15) is 4.79 Å². The number of ether oxygens (including phenoxy) is 2. The number of nitrogens with one attached hydrogen (secondary N) is 2. The SMILES string of the molecule is COc1cccc2c1NC(CN(CCCCN)C1CCCc3cccnc31)(C(=O)OC(C)(C)C)N2. The van der Waals surface area contributed by atoms with Gasteiger partial charge in [0.1, 0.15) is 17.0 Å². The van der Waals surface area contributed by atoms with Crippen LogP contribution in [-0.4, -0.2) is 53.9 Å². The lowest BCUT2D eigenvalue weighted by atomic mass is 9.90. The number of esters is 1. The number of nitrogens with zero attached hydrogens (tertiary/aromatic N) is 2. The quantitative estimate of drug-likeness (QED) is 0.364. The fraction of sp³-hybridized carbons (Fsp3) is 0.556. The minimum atomic E-state index is -1.17. The highest BCUT2D eigenvalue weighted by Gasteiger charge is 2.49. The monoisotopic (exact) mass is 481 g/mol. The van der Waals surface area contributed by atoms with Gasteiger partial charge in [-0.1, -0.05) is 12.1 Å². The summed E-state index contributed by atoms with van der Waals surface area (Å²) in [5.74, 6) is 0.337. The fourth-order valence-corrected chi connectivity index (χ4v) is 5.07. The average molecular weight is 482 g/mol. The number of benzene rings is 1. The number of fused-ring (bicyclic) bond motifs is 2. The van der Waals surface area contributed by atoms with E-state index in [0.717, 1.165) is 55.7 Å². The Kier molecular flexibility index (Phi) is 7.52. The lowest BCUT2D eigenvalue weighted by molar-refractivity contribution is -0.160. The van der Waals surface area contributed by atoms with Gasteiger partial charge >= 0.3 is 5.97 Å². The van der Waals surface area contributed by atoms with E-state index < -0.39 is 11.3 Å². The third kappa shape index (κ3) is 5.54. The Labute approximate surface area is 208 Å². The van der Waals surface area contributed by atoms with Crippen molar-refractivity contribution in [3.05, 3.63) is 47.8 Å². The third-order valence-electron chi connectivity index (χ3n) is 6.63. The summed E-state index contributed by atoms with van der Waals surface area (Å²) in [6.07, 6.45) is 6.85. The number of methoxy groups -OCH3 is 1. The van der Waals surface area contributed by atoms with Gasteiger partial charge < -0.3 is 25.8 Å². The summed E-state index contributed by atoms with van der Waals surface area (Å²) in [6.45, 7) is 7.53. The number of para-hydroxylation sites is 1. The van der Waals surface area contributed by atoms with Crippen molar-refractivity contribution < 1.29 is 14.3 Å². The molecule has 8 heteroatoms. The van der Waals surface area contributed by atoms with Crippen LogP contribution in [0.4, 0.5) is 11.4 Å². The molecule has 1 aliphatic carbocycles. The normalized spacial score (nSPS) is 21.0. The van der Waals surface area contributed by atoms with Gasteiger partial charge in [-0.3, -0.25) is 9.88 Å². The molecule has 2 atom stereocenters. The van der Waals surface area contributed by atoms with Crippen molar-refractivity contribution in [2.45, 2.75) is 70.2 Å². The van der Waals surface area contributed by atoms with Gasteiger partial charge in [0, 0.05) is 6.20 Å². The number of carbonyl (C=O) groups is 1.